The molecular formula is C14H12N2. The molecule has 0 unspecified atom stereocenters. The summed E-state index contributed by atoms with van der Waals surface area (Å²) in [6.45, 7) is 4.01. The molecule has 0 atom stereocenters. The van der Waals surface area contributed by atoms with Gasteiger partial charge in [0, 0.05) is 11.3 Å². The van der Waals surface area contributed by atoms with E-state index in [0.717, 1.165) is 11.3 Å². The molecule has 0 aliphatic heterocycles. The highest BCUT2D eigenvalue weighted by Crippen LogP contribution is 2.25. The van der Waals surface area contributed by atoms with Crippen molar-refractivity contribution in [3.05, 3.63) is 53.3 Å². The average molecular weight is 208 g/mol. The van der Waals surface area contributed by atoms with Gasteiger partial charge in [0.15, 0.2) is 0 Å². The highest BCUT2D eigenvalue weighted by Gasteiger charge is 2.05. The fourth-order valence-electron chi connectivity index (χ4n) is 1.78. The standard InChI is InChI=1S/C14H12N2/c1-10-5-3-4-6-13(10)14-8-7-12(9-15)16-11(14)2/h3-8H,1-2H3. The van der Waals surface area contributed by atoms with E-state index in [4.69, 9.17) is 5.26 Å². The van der Waals surface area contributed by atoms with Crippen LogP contribution in [-0.2, 0) is 0 Å². The van der Waals surface area contributed by atoms with Gasteiger partial charge in [0.1, 0.15) is 11.8 Å². The molecular weight excluding hydrogens is 196 g/mol. The second-order valence-corrected chi connectivity index (χ2v) is 3.76. The summed E-state index contributed by atoms with van der Waals surface area (Å²) in [4.78, 5) is 4.25. The third-order valence-corrected chi connectivity index (χ3v) is 2.64. The van der Waals surface area contributed by atoms with Gasteiger partial charge < -0.3 is 0 Å². The van der Waals surface area contributed by atoms with E-state index < -0.39 is 0 Å². The van der Waals surface area contributed by atoms with Gasteiger partial charge in [-0.15, -0.1) is 0 Å². The first-order valence-electron chi connectivity index (χ1n) is 5.16. The van der Waals surface area contributed by atoms with Crippen molar-refractivity contribution in [3.63, 3.8) is 0 Å². The van der Waals surface area contributed by atoms with Gasteiger partial charge in [-0.2, -0.15) is 5.26 Å². The predicted octanol–water partition coefficient (Wildman–Crippen LogP) is 3.24. The van der Waals surface area contributed by atoms with Gasteiger partial charge in [-0.25, -0.2) is 4.98 Å². The molecule has 0 bridgehead atoms. The maximum Gasteiger partial charge on any atom is 0.140 e. The minimum Gasteiger partial charge on any atom is -0.242 e. The number of benzene rings is 1. The molecule has 0 amide bonds. The molecule has 1 heterocycles. The molecule has 0 aliphatic rings. The van der Waals surface area contributed by atoms with E-state index in [1.165, 1.54) is 11.1 Å². The van der Waals surface area contributed by atoms with Crippen LogP contribution < -0.4 is 0 Å². The molecule has 1 aromatic heterocycles. The first kappa shape index (κ1) is 10.4. The van der Waals surface area contributed by atoms with E-state index in [-0.39, 0.29) is 0 Å². The number of hydrogen-bond acceptors (Lipinski definition) is 2. The first-order chi connectivity index (χ1) is 7.72. The van der Waals surface area contributed by atoms with Crippen molar-refractivity contribution >= 4 is 0 Å². The van der Waals surface area contributed by atoms with Gasteiger partial charge >= 0.3 is 0 Å². The number of rotatable bonds is 1. The van der Waals surface area contributed by atoms with Crippen molar-refractivity contribution in [1.82, 2.24) is 4.98 Å². The monoisotopic (exact) mass is 208 g/mol. The maximum atomic E-state index is 8.77. The highest BCUT2D eigenvalue weighted by molar-refractivity contribution is 5.69. The predicted molar refractivity (Wildman–Crippen MR) is 63.9 cm³/mol. The van der Waals surface area contributed by atoms with Crippen molar-refractivity contribution in [2.75, 3.05) is 0 Å². The Morgan fingerprint density at radius 3 is 2.38 bits per heavy atom. The Balaban J connectivity index is 2.58. The smallest absolute Gasteiger partial charge is 0.140 e. The molecule has 0 fully saturated rings. The largest absolute Gasteiger partial charge is 0.242 e. The molecule has 0 aliphatic carbocycles. The highest BCUT2D eigenvalue weighted by atomic mass is 14.7. The molecule has 78 valence electrons. The lowest BCUT2D eigenvalue weighted by Crippen LogP contribution is -1.92. The molecule has 0 radical (unpaired) electrons. The molecule has 2 heteroatoms. The summed E-state index contributed by atoms with van der Waals surface area (Å²) in [5.74, 6) is 0. The van der Waals surface area contributed by atoms with E-state index in [2.05, 4.69) is 24.0 Å². The molecule has 0 N–H and O–H groups in total. The van der Waals surface area contributed by atoms with Gasteiger partial charge in [0.25, 0.3) is 0 Å². The number of aryl methyl sites for hydroxylation is 2. The van der Waals surface area contributed by atoms with E-state index in [1.54, 1.807) is 6.07 Å². The first-order valence-corrected chi connectivity index (χ1v) is 5.16. The van der Waals surface area contributed by atoms with Crippen LogP contribution >= 0.6 is 0 Å². The van der Waals surface area contributed by atoms with Gasteiger partial charge in [-0.05, 0) is 37.1 Å². The van der Waals surface area contributed by atoms with Crippen molar-refractivity contribution in [2.24, 2.45) is 0 Å². The Bertz CT molecular complexity index is 565. The number of hydrogen-bond donors (Lipinski definition) is 0. The van der Waals surface area contributed by atoms with Crippen LogP contribution in [0.5, 0.6) is 0 Å². The summed E-state index contributed by atoms with van der Waals surface area (Å²) in [6, 6.07) is 14.0. The van der Waals surface area contributed by atoms with Crippen molar-refractivity contribution in [2.45, 2.75) is 13.8 Å². The van der Waals surface area contributed by atoms with Crippen LogP contribution in [0.1, 0.15) is 17.0 Å². The van der Waals surface area contributed by atoms with Gasteiger partial charge in [0.2, 0.25) is 0 Å². The Labute approximate surface area is 95.2 Å². The van der Waals surface area contributed by atoms with Crippen LogP contribution in [0.3, 0.4) is 0 Å². The molecule has 0 saturated heterocycles. The third-order valence-electron chi connectivity index (χ3n) is 2.64. The quantitative estimate of drug-likeness (QED) is 0.721. The minimum atomic E-state index is 0.467. The number of pyridine rings is 1. The molecule has 16 heavy (non-hydrogen) atoms. The maximum absolute atomic E-state index is 8.77. The fraction of sp³-hybridized carbons (Fsp3) is 0.143. The molecule has 0 spiro atoms. The summed E-state index contributed by atoms with van der Waals surface area (Å²) < 4.78 is 0. The van der Waals surface area contributed by atoms with E-state index in [1.807, 2.05) is 31.2 Å². The van der Waals surface area contributed by atoms with Gasteiger partial charge in [-0.3, -0.25) is 0 Å². The van der Waals surface area contributed by atoms with Crippen LogP contribution in [0.2, 0.25) is 0 Å². The van der Waals surface area contributed by atoms with Crippen LogP contribution in [0.25, 0.3) is 11.1 Å². The number of nitrogens with zero attached hydrogens (tertiary/aromatic N) is 2. The Morgan fingerprint density at radius 2 is 1.75 bits per heavy atom. The summed E-state index contributed by atoms with van der Waals surface area (Å²) in [6.07, 6.45) is 0. The summed E-state index contributed by atoms with van der Waals surface area (Å²) in [5, 5.41) is 8.77. The topological polar surface area (TPSA) is 36.7 Å². The van der Waals surface area contributed by atoms with E-state index >= 15 is 0 Å². The zero-order chi connectivity index (χ0) is 11.5. The molecule has 2 nitrogen and oxygen atoms in total. The average Bonchev–Trinajstić information content (AvgIpc) is 2.30. The van der Waals surface area contributed by atoms with E-state index in [9.17, 15) is 0 Å². The lowest BCUT2D eigenvalue weighted by atomic mass is 9.99. The molecule has 0 saturated carbocycles. The SMILES string of the molecule is Cc1ccccc1-c1ccc(C#N)nc1C. The van der Waals surface area contributed by atoms with Crippen LogP contribution in [0, 0.1) is 25.2 Å². The molecule has 2 rings (SSSR count). The Kier molecular flexibility index (Phi) is 2.70. The second kappa shape index (κ2) is 4.16. The second-order valence-electron chi connectivity index (χ2n) is 3.76. The van der Waals surface area contributed by atoms with Gasteiger partial charge in [0.05, 0.1) is 0 Å². The van der Waals surface area contributed by atoms with Crippen LogP contribution in [0.4, 0.5) is 0 Å². The Morgan fingerprint density at radius 1 is 1.00 bits per heavy atom. The Hall–Kier alpha value is -2.14. The lowest BCUT2D eigenvalue weighted by Gasteiger charge is -2.08. The zero-order valence-corrected chi connectivity index (χ0v) is 9.36. The minimum absolute atomic E-state index is 0.467. The van der Waals surface area contributed by atoms with Gasteiger partial charge in [-0.1, -0.05) is 24.3 Å². The van der Waals surface area contributed by atoms with Crippen molar-refractivity contribution in [3.8, 4) is 17.2 Å². The normalized spacial score (nSPS) is 9.81. The van der Waals surface area contributed by atoms with E-state index in [0.29, 0.717) is 5.69 Å². The van der Waals surface area contributed by atoms with Crippen molar-refractivity contribution in [1.29, 1.82) is 5.26 Å². The number of nitriles is 1. The van der Waals surface area contributed by atoms with Crippen LogP contribution in [0.15, 0.2) is 36.4 Å². The van der Waals surface area contributed by atoms with Crippen LogP contribution in [-0.4, -0.2) is 4.98 Å². The lowest BCUT2D eigenvalue weighted by molar-refractivity contribution is 1.17. The molecule has 1 aromatic carbocycles. The zero-order valence-electron chi connectivity index (χ0n) is 9.36. The molecule has 2 aromatic rings. The fourth-order valence-corrected chi connectivity index (χ4v) is 1.78. The third kappa shape index (κ3) is 1.80. The summed E-state index contributed by atoms with van der Waals surface area (Å²) in [5.41, 5.74) is 4.86. The van der Waals surface area contributed by atoms with Crippen molar-refractivity contribution < 1.29 is 0 Å². The summed E-state index contributed by atoms with van der Waals surface area (Å²) in [7, 11) is 0. The number of aromatic nitrogens is 1. The summed E-state index contributed by atoms with van der Waals surface area (Å²) >= 11 is 0.